The molecule has 0 saturated carbocycles. The Hall–Kier alpha value is -0.980. The molecule has 90 valence electrons. The van der Waals surface area contributed by atoms with Gasteiger partial charge in [0.2, 0.25) is 0 Å². The summed E-state index contributed by atoms with van der Waals surface area (Å²) in [5, 5.41) is 0. The van der Waals surface area contributed by atoms with Crippen molar-refractivity contribution >= 4 is 12.3 Å². The second-order valence-corrected chi connectivity index (χ2v) is 4.26. The summed E-state index contributed by atoms with van der Waals surface area (Å²) in [4.78, 5) is 22.3. The van der Waals surface area contributed by atoms with E-state index in [0.29, 0.717) is 6.29 Å². The number of esters is 1. The highest BCUT2D eigenvalue weighted by Crippen LogP contribution is 2.34. The van der Waals surface area contributed by atoms with Crippen molar-refractivity contribution in [1.82, 2.24) is 0 Å². The van der Waals surface area contributed by atoms with Crippen molar-refractivity contribution in [2.45, 2.75) is 44.1 Å². The normalized spacial score (nSPS) is 41.3. The summed E-state index contributed by atoms with van der Waals surface area (Å²) in [6.45, 7) is 3.35. The zero-order valence-corrected chi connectivity index (χ0v) is 9.34. The molecule has 0 amide bonds. The third kappa shape index (κ3) is 1.73. The molecule has 0 aromatic heterocycles. The van der Waals surface area contributed by atoms with E-state index in [1.54, 1.807) is 13.8 Å². The van der Waals surface area contributed by atoms with Gasteiger partial charge in [0.05, 0.1) is 0 Å². The molecule has 0 aliphatic carbocycles. The summed E-state index contributed by atoms with van der Waals surface area (Å²) in [6, 6.07) is 0. The summed E-state index contributed by atoms with van der Waals surface area (Å²) in [7, 11) is 1.40. The van der Waals surface area contributed by atoms with E-state index in [2.05, 4.69) is 0 Å². The smallest absolute Gasteiger partial charge is 0.338 e. The van der Waals surface area contributed by atoms with E-state index in [4.69, 9.17) is 18.9 Å². The van der Waals surface area contributed by atoms with Crippen molar-refractivity contribution in [3.05, 3.63) is 0 Å². The Labute approximate surface area is 92.8 Å². The van der Waals surface area contributed by atoms with Crippen LogP contribution >= 0.6 is 0 Å². The first-order valence-corrected chi connectivity index (χ1v) is 5.03. The minimum absolute atomic E-state index is 0.523. The molecule has 2 aliphatic heterocycles. The van der Waals surface area contributed by atoms with Gasteiger partial charge in [-0.2, -0.15) is 0 Å². The van der Waals surface area contributed by atoms with E-state index >= 15 is 0 Å². The van der Waals surface area contributed by atoms with Crippen LogP contribution in [0.1, 0.15) is 13.8 Å². The molecular weight excluding hydrogens is 216 g/mol. The van der Waals surface area contributed by atoms with E-state index in [1.165, 1.54) is 7.11 Å². The summed E-state index contributed by atoms with van der Waals surface area (Å²) in [5.41, 5.74) is 0. The summed E-state index contributed by atoms with van der Waals surface area (Å²) in [6.07, 6.45) is -2.30. The van der Waals surface area contributed by atoms with Crippen molar-refractivity contribution in [1.29, 1.82) is 0 Å². The number of aldehydes is 1. The Morgan fingerprint density at radius 1 is 1.31 bits per heavy atom. The van der Waals surface area contributed by atoms with Gasteiger partial charge in [0, 0.05) is 7.11 Å². The maximum absolute atomic E-state index is 11.4. The van der Waals surface area contributed by atoms with Crippen LogP contribution < -0.4 is 0 Å². The lowest BCUT2D eigenvalue weighted by atomic mass is 10.0. The molecule has 2 fully saturated rings. The topological polar surface area (TPSA) is 71.1 Å². The highest BCUT2D eigenvalue weighted by atomic mass is 16.8. The number of carbonyl (C=O) groups excluding carboxylic acids is 2. The lowest BCUT2D eigenvalue weighted by molar-refractivity contribution is -0.318. The second kappa shape index (κ2) is 3.80. The maximum Gasteiger partial charge on any atom is 0.338 e. The minimum atomic E-state index is -0.933. The predicted molar refractivity (Wildman–Crippen MR) is 50.6 cm³/mol. The molecule has 6 nitrogen and oxygen atoms in total. The number of carbonyl (C=O) groups is 2. The molecule has 6 heteroatoms. The van der Waals surface area contributed by atoms with Gasteiger partial charge in [-0.15, -0.1) is 0 Å². The van der Waals surface area contributed by atoms with Gasteiger partial charge in [-0.25, -0.2) is 4.79 Å². The average Bonchev–Trinajstić information content (AvgIpc) is 2.51. The summed E-state index contributed by atoms with van der Waals surface area (Å²) in [5.74, 6) is -1.46. The Balaban J connectivity index is 2.26. The monoisotopic (exact) mass is 230 g/mol. The van der Waals surface area contributed by atoms with Crippen molar-refractivity contribution in [3.8, 4) is 0 Å². The first-order chi connectivity index (χ1) is 7.48. The molecule has 0 radical (unpaired) electrons. The van der Waals surface area contributed by atoms with Gasteiger partial charge in [-0.05, 0) is 13.8 Å². The molecular formula is C10H14O6. The van der Waals surface area contributed by atoms with E-state index < -0.39 is 36.2 Å². The van der Waals surface area contributed by atoms with Crippen LogP contribution in [0.2, 0.25) is 0 Å². The SMILES string of the molecule is CO[C@H]1C(=O)O[C@H]2[C@H]1OC(C)(C)O[C@@H]2C=O. The fraction of sp³-hybridized carbons (Fsp3) is 0.800. The fourth-order valence-electron chi connectivity index (χ4n) is 2.04. The quantitative estimate of drug-likeness (QED) is 0.477. The number of methoxy groups -OCH3 is 1. The van der Waals surface area contributed by atoms with Crippen LogP contribution in [-0.4, -0.2) is 49.6 Å². The van der Waals surface area contributed by atoms with Gasteiger partial charge in [0.25, 0.3) is 0 Å². The standard InChI is InChI=1S/C10H14O6/c1-10(2)15-5(4-11)6-7(16-10)8(13-3)9(12)14-6/h4-8H,1-3H3/t5-,6-,7-,8-/m1/s1. The van der Waals surface area contributed by atoms with E-state index in [1.807, 2.05) is 0 Å². The van der Waals surface area contributed by atoms with Crippen molar-refractivity contribution < 1.29 is 28.5 Å². The minimum Gasteiger partial charge on any atom is -0.454 e. The fourth-order valence-corrected chi connectivity index (χ4v) is 2.04. The van der Waals surface area contributed by atoms with Crippen LogP contribution in [0.5, 0.6) is 0 Å². The number of ether oxygens (including phenoxy) is 4. The largest absolute Gasteiger partial charge is 0.454 e. The Morgan fingerprint density at radius 2 is 2.00 bits per heavy atom. The average molecular weight is 230 g/mol. The molecule has 16 heavy (non-hydrogen) atoms. The summed E-state index contributed by atoms with van der Waals surface area (Å²) < 4.78 is 20.9. The van der Waals surface area contributed by atoms with Crippen molar-refractivity contribution in [2.75, 3.05) is 7.11 Å². The Morgan fingerprint density at radius 3 is 2.56 bits per heavy atom. The molecule has 0 N–H and O–H groups in total. The number of hydrogen-bond acceptors (Lipinski definition) is 6. The van der Waals surface area contributed by atoms with Crippen LogP contribution in [0.4, 0.5) is 0 Å². The molecule has 2 rings (SSSR count). The van der Waals surface area contributed by atoms with E-state index in [9.17, 15) is 9.59 Å². The van der Waals surface area contributed by atoms with Gasteiger partial charge in [-0.1, -0.05) is 0 Å². The van der Waals surface area contributed by atoms with Gasteiger partial charge < -0.3 is 23.7 Å². The van der Waals surface area contributed by atoms with Crippen LogP contribution in [0, 0.1) is 0 Å². The highest BCUT2D eigenvalue weighted by Gasteiger charge is 2.56. The third-order valence-corrected chi connectivity index (χ3v) is 2.66. The van der Waals surface area contributed by atoms with Gasteiger partial charge in [0.15, 0.2) is 30.4 Å². The van der Waals surface area contributed by atoms with Crippen LogP contribution in [0.15, 0.2) is 0 Å². The zero-order chi connectivity index (χ0) is 11.9. The molecule has 0 unspecified atom stereocenters. The third-order valence-electron chi connectivity index (χ3n) is 2.66. The maximum atomic E-state index is 11.4. The van der Waals surface area contributed by atoms with Crippen LogP contribution in [0.25, 0.3) is 0 Å². The van der Waals surface area contributed by atoms with Gasteiger partial charge in [0.1, 0.15) is 6.10 Å². The second-order valence-electron chi connectivity index (χ2n) is 4.26. The number of fused-ring (bicyclic) bond motifs is 1. The first kappa shape index (κ1) is 11.5. The van der Waals surface area contributed by atoms with Gasteiger partial charge >= 0.3 is 5.97 Å². The Bertz CT molecular complexity index is 312. The number of hydrogen-bond donors (Lipinski definition) is 0. The summed E-state index contributed by atoms with van der Waals surface area (Å²) >= 11 is 0. The molecule has 2 saturated heterocycles. The highest BCUT2D eigenvalue weighted by molar-refractivity contribution is 5.79. The predicted octanol–water partition coefficient (Wildman–Crippen LogP) is -0.354. The molecule has 2 aliphatic rings. The van der Waals surface area contributed by atoms with E-state index in [0.717, 1.165) is 0 Å². The molecule has 0 spiro atoms. The van der Waals surface area contributed by atoms with Crippen LogP contribution in [0.3, 0.4) is 0 Å². The van der Waals surface area contributed by atoms with Gasteiger partial charge in [-0.3, -0.25) is 0 Å². The lowest BCUT2D eigenvalue weighted by Gasteiger charge is -2.40. The van der Waals surface area contributed by atoms with Crippen molar-refractivity contribution in [2.24, 2.45) is 0 Å². The molecule has 0 aromatic rings. The molecule has 2 heterocycles. The van der Waals surface area contributed by atoms with Crippen molar-refractivity contribution in [3.63, 3.8) is 0 Å². The first-order valence-electron chi connectivity index (χ1n) is 5.03. The van der Waals surface area contributed by atoms with E-state index in [-0.39, 0.29) is 0 Å². The molecule has 0 bridgehead atoms. The number of rotatable bonds is 2. The zero-order valence-electron chi connectivity index (χ0n) is 9.34. The lowest BCUT2D eigenvalue weighted by Crippen LogP contribution is -2.55. The molecule has 4 atom stereocenters. The molecule has 0 aromatic carbocycles. The Kier molecular flexibility index (Phi) is 2.73. The van der Waals surface area contributed by atoms with Crippen LogP contribution in [-0.2, 0) is 28.5 Å².